The maximum atomic E-state index is 12.1. The predicted octanol–water partition coefficient (Wildman–Crippen LogP) is 1.86. The van der Waals surface area contributed by atoms with E-state index in [0.717, 1.165) is 5.56 Å². The van der Waals surface area contributed by atoms with E-state index in [1.807, 2.05) is 12.1 Å². The first-order valence-electron chi connectivity index (χ1n) is 6.26. The average molecular weight is 349 g/mol. The molecule has 0 fully saturated rings. The van der Waals surface area contributed by atoms with Crippen molar-refractivity contribution in [1.82, 2.24) is 5.32 Å². The number of nitrogens with one attached hydrogen (secondary N) is 1. The SMILES string of the molecule is COC(=O)C1=C(CBr)NC(=O)C(C#N)C1c1ccccc1. The smallest absolute Gasteiger partial charge is 0.336 e. The van der Waals surface area contributed by atoms with Crippen molar-refractivity contribution in [3.05, 3.63) is 47.2 Å². The fraction of sp³-hybridized carbons (Fsp3) is 0.267. The third-order valence-electron chi connectivity index (χ3n) is 3.36. The molecule has 5 nitrogen and oxygen atoms in total. The Hall–Kier alpha value is -2.13. The van der Waals surface area contributed by atoms with Crippen LogP contribution in [0.15, 0.2) is 41.6 Å². The molecule has 1 aromatic rings. The monoisotopic (exact) mass is 348 g/mol. The van der Waals surface area contributed by atoms with Gasteiger partial charge in [0.15, 0.2) is 0 Å². The first-order chi connectivity index (χ1) is 10.1. The predicted molar refractivity (Wildman–Crippen MR) is 79.3 cm³/mol. The van der Waals surface area contributed by atoms with Gasteiger partial charge in [-0.3, -0.25) is 4.79 Å². The molecule has 1 aliphatic heterocycles. The second kappa shape index (κ2) is 6.55. The van der Waals surface area contributed by atoms with E-state index in [9.17, 15) is 14.9 Å². The van der Waals surface area contributed by atoms with Gasteiger partial charge >= 0.3 is 5.97 Å². The fourth-order valence-electron chi connectivity index (χ4n) is 2.42. The zero-order valence-electron chi connectivity index (χ0n) is 11.3. The normalized spacial score (nSPS) is 21.5. The molecule has 0 saturated heterocycles. The van der Waals surface area contributed by atoms with Gasteiger partial charge in [-0.15, -0.1) is 0 Å². The molecule has 6 heteroatoms. The minimum Gasteiger partial charge on any atom is -0.466 e. The Morgan fingerprint density at radius 3 is 2.62 bits per heavy atom. The Bertz CT molecular complexity index is 634. The van der Waals surface area contributed by atoms with Crippen LogP contribution in [0.4, 0.5) is 0 Å². The summed E-state index contributed by atoms with van der Waals surface area (Å²) in [4.78, 5) is 24.2. The van der Waals surface area contributed by atoms with E-state index in [2.05, 4.69) is 21.2 Å². The lowest BCUT2D eigenvalue weighted by Crippen LogP contribution is -2.42. The summed E-state index contributed by atoms with van der Waals surface area (Å²) in [6.07, 6.45) is 0. The van der Waals surface area contributed by atoms with Gasteiger partial charge in [-0.25, -0.2) is 4.79 Å². The van der Waals surface area contributed by atoms with Crippen molar-refractivity contribution in [1.29, 1.82) is 5.26 Å². The van der Waals surface area contributed by atoms with E-state index in [1.54, 1.807) is 24.3 Å². The summed E-state index contributed by atoms with van der Waals surface area (Å²) in [7, 11) is 1.28. The Kier molecular flexibility index (Phi) is 4.76. The lowest BCUT2D eigenvalue weighted by Gasteiger charge is -2.30. The lowest BCUT2D eigenvalue weighted by atomic mass is 9.77. The van der Waals surface area contributed by atoms with Gasteiger partial charge in [0.1, 0.15) is 5.92 Å². The van der Waals surface area contributed by atoms with E-state index in [-0.39, 0.29) is 0 Å². The number of nitrogens with zero attached hydrogens (tertiary/aromatic N) is 1. The van der Waals surface area contributed by atoms with Gasteiger partial charge in [-0.2, -0.15) is 5.26 Å². The second-order valence-corrected chi connectivity index (χ2v) is 5.06. The molecule has 21 heavy (non-hydrogen) atoms. The van der Waals surface area contributed by atoms with Crippen LogP contribution in [0.1, 0.15) is 11.5 Å². The highest BCUT2D eigenvalue weighted by Crippen LogP contribution is 2.37. The van der Waals surface area contributed by atoms with Crippen LogP contribution in [0.25, 0.3) is 0 Å². The van der Waals surface area contributed by atoms with Crippen molar-refractivity contribution in [2.75, 3.05) is 12.4 Å². The number of hydrogen-bond donors (Lipinski definition) is 1. The molecule has 0 saturated carbocycles. The molecular weight excluding hydrogens is 336 g/mol. The number of rotatable bonds is 3. The standard InChI is InChI=1S/C15H13BrN2O3/c1-21-15(20)13-11(7-16)18-14(19)10(8-17)12(13)9-5-3-2-4-6-9/h2-6,10,12H,7H2,1H3,(H,18,19). The summed E-state index contributed by atoms with van der Waals surface area (Å²) in [5.74, 6) is -2.55. The number of nitriles is 1. The van der Waals surface area contributed by atoms with Gasteiger partial charge in [-0.1, -0.05) is 46.3 Å². The Balaban J connectivity index is 2.64. The van der Waals surface area contributed by atoms with Crippen LogP contribution in [-0.4, -0.2) is 24.3 Å². The van der Waals surface area contributed by atoms with E-state index in [0.29, 0.717) is 16.6 Å². The molecule has 0 aromatic heterocycles. The average Bonchev–Trinajstić information content (AvgIpc) is 2.53. The third-order valence-corrected chi connectivity index (χ3v) is 3.92. The van der Waals surface area contributed by atoms with Gasteiger partial charge in [0.05, 0.1) is 18.8 Å². The Morgan fingerprint density at radius 1 is 1.43 bits per heavy atom. The van der Waals surface area contributed by atoms with Crippen LogP contribution < -0.4 is 5.32 Å². The number of hydrogen-bond acceptors (Lipinski definition) is 4. The van der Waals surface area contributed by atoms with E-state index in [1.165, 1.54) is 7.11 Å². The summed E-state index contributed by atoms with van der Waals surface area (Å²) >= 11 is 3.25. The van der Waals surface area contributed by atoms with Crippen LogP contribution in [0.2, 0.25) is 0 Å². The lowest BCUT2D eigenvalue weighted by molar-refractivity contribution is -0.137. The van der Waals surface area contributed by atoms with E-state index in [4.69, 9.17) is 4.74 Å². The second-order valence-electron chi connectivity index (χ2n) is 4.50. The van der Waals surface area contributed by atoms with Crippen molar-refractivity contribution in [3.63, 3.8) is 0 Å². The highest BCUT2D eigenvalue weighted by atomic mass is 79.9. The third kappa shape index (κ3) is 2.83. The fourth-order valence-corrected chi connectivity index (χ4v) is 2.86. The number of carbonyl (C=O) groups excluding carboxylic acids is 2. The Labute approximate surface area is 130 Å². The van der Waals surface area contributed by atoms with Crippen LogP contribution in [0, 0.1) is 17.2 Å². The van der Waals surface area contributed by atoms with Gasteiger partial charge < -0.3 is 10.1 Å². The van der Waals surface area contributed by atoms with E-state index >= 15 is 0 Å². The number of carbonyl (C=O) groups is 2. The molecule has 2 rings (SSSR count). The van der Waals surface area contributed by atoms with E-state index < -0.39 is 23.7 Å². The van der Waals surface area contributed by atoms with Crippen LogP contribution in [0.3, 0.4) is 0 Å². The molecule has 1 heterocycles. The topological polar surface area (TPSA) is 79.2 Å². The number of methoxy groups -OCH3 is 1. The van der Waals surface area contributed by atoms with Crippen molar-refractivity contribution < 1.29 is 14.3 Å². The number of alkyl halides is 1. The van der Waals surface area contributed by atoms with Crippen molar-refractivity contribution in [2.24, 2.45) is 5.92 Å². The number of allylic oxidation sites excluding steroid dienone is 1. The maximum Gasteiger partial charge on any atom is 0.336 e. The number of esters is 1. The van der Waals surface area contributed by atoms with Crippen molar-refractivity contribution in [3.8, 4) is 6.07 Å². The number of amides is 1. The van der Waals surface area contributed by atoms with Gasteiger partial charge in [0.2, 0.25) is 5.91 Å². The molecule has 0 radical (unpaired) electrons. The van der Waals surface area contributed by atoms with Gasteiger partial charge in [-0.05, 0) is 5.56 Å². The summed E-state index contributed by atoms with van der Waals surface area (Å²) < 4.78 is 4.82. The largest absolute Gasteiger partial charge is 0.466 e. The minimum absolute atomic E-state index is 0.296. The summed E-state index contributed by atoms with van der Waals surface area (Å²) in [6, 6.07) is 11.0. The molecule has 1 N–H and O–H groups in total. The number of benzene rings is 1. The number of halogens is 1. The molecule has 0 bridgehead atoms. The molecule has 1 aliphatic rings. The molecule has 1 amide bonds. The summed E-state index contributed by atoms with van der Waals surface area (Å²) in [6.45, 7) is 0. The highest BCUT2D eigenvalue weighted by molar-refractivity contribution is 9.09. The van der Waals surface area contributed by atoms with Crippen LogP contribution in [0.5, 0.6) is 0 Å². The Morgan fingerprint density at radius 2 is 2.10 bits per heavy atom. The molecule has 1 aromatic carbocycles. The van der Waals surface area contributed by atoms with Gasteiger partial charge in [0.25, 0.3) is 0 Å². The number of ether oxygens (including phenoxy) is 1. The summed E-state index contributed by atoms with van der Waals surface area (Å²) in [5.41, 5.74) is 1.48. The molecule has 0 spiro atoms. The molecule has 2 atom stereocenters. The van der Waals surface area contributed by atoms with Crippen molar-refractivity contribution >= 4 is 27.8 Å². The van der Waals surface area contributed by atoms with Crippen LogP contribution >= 0.6 is 15.9 Å². The van der Waals surface area contributed by atoms with Crippen LogP contribution in [-0.2, 0) is 14.3 Å². The first-order valence-corrected chi connectivity index (χ1v) is 7.39. The summed E-state index contributed by atoms with van der Waals surface area (Å²) in [5, 5.41) is 12.2. The molecular formula is C15H13BrN2O3. The maximum absolute atomic E-state index is 12.1. The molecule has 2 unspecified atom stereocenters. The quantitative estimate of drug-likeness (QED) is 0.667. The highest BCUT2D eigenvalue weighted by Gasteiger charge is 2.41. The van der Waals surface area contributed by atoms with Crippen molar-refractivity contribution in [2.45, 2.75) is 5.92 Å². The minimum atomic E-state index is -0.968. The molecule has 0 aliphatic carbocycles. The zero-order valence-corrected chi connectivity index (χ0v) is 12.9. The first kappa shape index (κ1) is 15.3. The molecule has 108 valence electrons. The zero-order chi connectivity index (χ0) is 15.4. The van der Waals surface area contributed by atoms with Gasteiger partial charge in [0, 0.05) is 16.9 Å².